The molecule has 0 heterocycles. The molecule has 0 spiro atoms. The molecule has 0 rings (SSSR count). The first-order valence-electron chi connectivity index (χ1n) is 6.10. The molecule has 17 heavy (non-hydrogen) atoms. The van der Waals surface area contributed by atoms with Crippen molar-refractivity contribution in [2.45, 2.75) is 46.7 Å². The molecule has 0 saturated carbocycles. The van der Waals surface area contributed by atoms with Crippen molar-refractivity contribution in [1.29, 1.82) is 0 Å². The van der Waals surface area contributed by atoms with Crippen LogP contribution in [-0.2, 0) is 14.3 Å². The molecule has 0 unspecified atom stereocenters. The van der Waals surface area contributed by atoms with Crippen LogP contribution in [0.4, 0.5) is 0 Å². The molecule has 0 saturated heterocycles. The minimum absolute atomic E-state index is 0.219. The minimum atomic E-state index is -0.812. The zero-order valence-electron chi connectivity index (χ0n) is 11.4. The highest BCUT2D eigenvalue weighted by molar-refractivity contribution is 6.32. The zero-order valence-corrected chi connectivity index (χ0v) is 11.4. The fraction of sp³-hybridized carbons (Fsp3) is 0.833. The van der Waals surface area contributed by atoms with Crippen molar-refractivity contribution in [3.05, 3.63) is 0 Å². The van der Waals surface area contributed by atoms with Gasteiger partial charge >= 0.3 is 11.9 Å². The fourth-order valence-corrected chi connectivity index (χ4v) is 1.68. The maximum atomic E-state index is 11.2. The van der Waals surface area contributed by atoms with E-state index in [-0.39, 0.29) is 6.61 Å². The molecule has 100 valence electrons. The third-order valence-electron chi connectivity index (χ3n) is 2.44. The van der Waals surface area contributed by atoms with E-state index in [0.29, 0.717) is 18.6 Å². The highest BCUT2D eigenvalue weighted by Crippen LogP contribution is 2.03. The van der Waals surface area contributed by atoms with Gasteiger partial charge in [0, 0.05) is 25.2 Å². The number of carbonyl (C=O) groups is 2. The van der Waals surface area contributed by atoms with E-state index in [2.05, 4.69) is 42.6 Å². The number of hydrogen-bond acceptors (Lipinski definition) is 4. The summed E-state index contributed by atoms with van der Waals surface area (Å²) in [7, 11) is 0. The maximum Gasteiger partial charge on any atom is 0.396 e. The van der Waals surface area contributed by atoms with Gasteiger partial charge < -0.3 is 10.1 Å². The maximum absolute atomic E-state index is 11.2. The number of rotatable bonds is 6. The van der Waals surface area contributed by atoms with E-state index >= 15 is 0 Å². The van der Waals surface area contributed by atoms with Crippen LogP contribution >= 0.6 is 0 Å². The molecule has 0 fully saturated rings. The highest BCUT2D eigenvalue weighted by Gasteiger charge is 2.16. The quantitative estimate of drug-likeness (QED) is 0.554. The number of amides is 1. The first kappa shape index (κ1) is 15.9. The highest BCUT2D eigenvalue weighted by atomic mass is 16.5. The standard InChI is InChI=1S/C12H24N2O3/c1-6-17-12(16)11(15)13-7-8-14(9(2)3)10(4)5/h9-10H,6-8H2,1-5H3,(H,13,15). The summed E-state index contributed by atoms with van der Waals surface area (Å²) < 4.78 is 4.59. The van der Waals surface area contributed by atoms with Gasteiger partial charge in [0.1, 0.15) is 0 Å². The molecule has 5 heteroatoms. The van der Waals surface area contributed by atoms with Crippen molar-refractivity contribution in [2.24, 2.45) is 0 Å². The molecule has 5 nitrogen and oxygen atoms in total. The lowest BCUT2D eigenvalue weighted by atomic mass is 10.2. The van der Waals surface area contributed by atoms with Crippen LogP contribution < -0.4 is 5.32 Å². The molecule has 1 amide bonds. The molecule has 0 aliphatic carbocycles. The Bertz CT molecular complexity index is 244. The number of nitrogens with zero attached hydrogens (tertiary/aromatic N) is 1. The molecule has 0 aromatic carbocycles. The van der Waals surface area contributed by atoms with Gasteiger partial charge in [-0.15, -0.1) is 0 Å². The molecule has 0 radical (unpaired) electrons. The van der Waals surface area contributed by atoms with Crippen molar-refractivity contribution in [2.75, 3.05) is 19.7 Å². The summed E-state index contributed by atoms with van der Waals surface area (Å²) in [5.41, 5.74) is 0. The molecular weight excluding hydrogens is 220 g/mol. The summed E-state index contributed by atoms with van der Waals surface area (Å²) in [5, 5.41) is 2.55. The van der Waals surface area contributed by atoms with Gasteiger partial charge in [-0.25, -0.2) is 4.79 Å². The van der Waals surface area contributed by atoms with Crippen molar-refractivity contribution in [3.8, 4) is 0 Å². The zero-order chi connectivity index (χ0) is 13.4. The third kappa shape index (κ3) is 6.26. The Labute approximate surface area is 103 Å². The number of hydrogen-bond donors (Lipinski definition) is 1. The van der Waals surface area contributed by atoms with Crippen molar-refractivity contribution >= 4 is 11.9 Å². The number of esters is 1. The minimum Gasteiger partial charge on any atom is -0.459 e. The van der Waals surface area contributed by atoms with Gasteiger partial charge in [0.2, 0.25) is 0 Å². The predicted octanol–water partition coefficient (Wildman–Crippen LogP) is 0.785. The van der Waals surface area contributed by atoms with Crippen LogP contribution in [0.3, 0.4) is 0 Å². The van der Waals surface area contributed by atoms with E-state index < -0.39 is 11.9 Å². The van der Waals surface area contributed by atoms with Crippen molar-refractivity contribution < 1.29 is 14.3 Å². The van der Waals surface area contributed by atoms with E-state index in [4.69, 9.17) is 0 Å². The van der Waals surface area contributed by atoms with Crippen LogP contribution in [0.25, 0.3) is 0 Å². The lowest BCUT2D eigenvalue weighted by Gasteiger charge is -2.30. The van der Waals surface area contributed by atoms with Gasteiger partial charge in [-0.05, 0) is 34.6 Å². The van der Waals surface area contributed by atoms with Gasteiger partial charge in [-0.3, -0.25) is 9.69 Å². The van der Waals surface area contributed by atoms with E-state index in [0.717, 1.165) is 6.54 Å². The molecule has 0 bridgehead atoms. The Hall–Kier alpha value is -1.10. The average Bonchev–Trinajstić information content (AvgIpc) is 2.23. The van der Waals surface area contributed by atoms with Crippen LogP contribution in [0.2, 0.25) is 0 Å². The summed E-state index contributed by atoms with van der Waals surface area (Å²) in [6, 6.07) is 0.823. The van der Waals surface area contributed by atoms with Gasteiger partial charge in [0.15, 0.2) is 0 Å². The second-order valence-electron chi connectivity index (χ2n) is 4.40. The predicted molar refractivity (Wildman–Crippen MR) is 66.6 cm³/mol. The normalized spacial score (nSPS) is 11.1. The van der Waals surface area contributed by atoms with E-state index in [9.17, 15) is 9.59 Å². The third-order valence-corrected chi connectivity index (χ3v) is 2.44. The van der Waals surface area contributed by atoms with Gasteiger partial charge in [-0.2, -0.15) is 0 Å². The molecule has 1 N–H and O–H groups in total. The van der Waals surface area contributed by atoms with Gasteiger partial charge in [-0.1, -0.05) is 0 Å². The Morgan fingerprint density at radius 3 is 2.12 bits per heavy atom. The Morgan fingerprint density at radius 1 is 1.18 bits per heavy atom. The molecule has 0 aliphatic rings. The molecule has 0 aliphatic heterocycles. The van der Waals surface area contributed by atoms with E-state index in [1.54, 1.807) is 6.92 Å². The fourth-order valence-electron chi connectivity index (χ4n) is 1.68. The number of carbonyl (C=O) groups excluding carboxylic acids is 2. The Kier molecular flexibility index (Phi) is 7.54. The number of ether oxygens (including phenoxy) is 1. The first-order chi connectivity index (χ1) is 7.90. The summed E-state index contributed by atoms with van der Waals surface area (Å²) in [6.45, 7) is 11.5. The first-order valence-corrected chi connectivity index (χ1v) is 6.10. The van der Waals surface area contributed by atoms with Crippen LogP contribution in [0.5, 0.6) is 0 Å². The SMILES string of the molecule is CCOC(=O)C(=O)NCCN(C(C)C)C(C)C. The summed E-state index contributed by atoms with van der Waals surface area (Å²) >= 11 is 0. The molecular formula is C12H24N2O3. The van der Waals surface area contributed by atoms with Crippen molar-refractivity contribution in [3.63, 3.8) is 0 Å². The summed E-state index contributed by atoms with van der Waals surface area (Å²) in [6.07, 6.45) is 0. The lowest BCUT2D eigenvalue weighted by molar-refractivity contribution is -0.154. The largest absolute Gasteiger partial charge is 0.459 e. The average molecular weight is 244 g/mol. The molecule has 0 aromatic heterocycles. The Balaban J connectivity index is 3.96. The van der Waals surface area contributed by atoms with Crippen molar-refractivity contribution in [1.82, 2.24) is 10.2 Å². The topological polar surface area (TPSA) is 58.6 Å². The smallest absolute Gasteiger partial charge is 0.396 e. The van der Waals surface area contributed by atoms with Crippen LogP contribution in [-0.4, -0.2) is 48.6 Å². The Morgan fingerprint density at radius 2 is 1.71 bits per heavy atom. The van der Waals surface area contributed by atoms with Crippen LogP contribution in [0.1, 0.15) is 34.6 Å². The summed E-state index contributed by atoms with van der Waals surface area (Å²) in [4.78, 5) is 24.5. The second kappa shape index (κ2) is 8.06. The lowest BCUT2D eigenvalue weighted by Crippen LogP contribution is -2.43. The van der Waals surface area contributed by atoms with Crippen LogP contribution in [0, 0.1) is 0 Å². The van der Waals surface area contributed by atoms with E-state index in [1.807, 2.05) is 0 Å². The second-order valence-corrected chi connectivity index (χ2v) is 4.40. The number of nitrogens with one attached hydrogen (secondary N) is 1. The monoisotopic (exact) mass is 244 g/mol. The summed E-state index contributed by atoms with van der Waals surface area (Å²) in [5.74, 6) is -1.48. The van der Waals surface area contributed by atoms with E-state index in [1.165, 1.54) is 0 Å². The van der Waals surface area contributed by atoms with Crippen LogP contribution in [0.15, 0.2) is 0 Å². The molecule has 0 aromatic rings. The van der Waals surface area contributed by atoms with Gasteiger partial charge in [0.25, 0.3) is 0 Å². The van der Waals surface area contributed by atoms with Gasteiger partial charge in [0.05, 0.1) is 6.61 Å². The molecule has 0 atom stereocenters.